The zero-order valence-corrected chi connectivity index (χ0v) is 22.1. The molecule has 10 unspecified atom stereocenters. The summed E-state index contributed by atoms with van der Waals surface area (Å²) in [6.07, 6.45) is -16.2. The van der Waals surface area contributed by atoms with Crippen molar-refractivity contribution in [1.82, 2.24) is 0 Å². The molecule has 0 saturated carbocycles. The summed E-state index contributed by atoms with van der Waals surface area (Å²) in [6, 6.07) is 7.38. The highest BCUT2D eigenvalue weighted by Crippen LogP contribution is 2.38. The quantitative estimate of drug-likeness (QED) is 0.130. The Labute approximate surface area is 241 Å². The van der Waals surface area contributed by atoms with Gasteiger partial charge in [0, 0.05) is 17.7 Å². The second-order valence-electron chi connectivity index (χ2n) is 10.1. The molecule has 0 bridgehead atoms. The maximum absolute atomic E-state index is 13.6. The topological polar surface area (TPSA) is 269 Å². The smallest absolute Gasteiger partial charge is 0.239 e. The van der Waals surface area contributed by atoms with Crippen LogP contribution in [-0.4, -0.2) is 126 Å². The molecular formula is C27H30O16. The van der Waals surface area contributed by atoms with Crippen LogP contribution in [-0.2, 0) is 9.47 Å². The van der Waals surface area contributed by atoms with E-state index in [-0.39, 0.29) is 22.7 Å². The summed E-state index contributed by atoms with van der Waals surface area (Å²) in [4.78, 5) is 13.6. The number of aliphatic hydroxyl groups excluding tert-OH is 8. The molecule has 10 N–H and O–H groups in total. The zero-order chi connectivity index (χ0) is 31.2. The molecule has 2 aromatic carbocycles. The summed E-state index contributed by atoms with van der Waals surface area (Å²) in [5.74, 6) is -1.91. The molecule has 3 aromatic rings. The van der Waals surface area contributed by atoms with E-state index in [2.05, 4.69) is 0 Å². The summed E-state index contributed by atoms with van der Waals surface area (Å²) in [5, 5.41) is 99.7. The van der Waals surface area contributed by atoms with Crippen molar-refractivity contribution >= 4 is 11.0 Å². The van der Waals surface area contributed by atoms with Crippen LogP contribution in [0.3, 0.4) is 0 Å². The standard InChI is InChI=1S/C27H30O16/c28-7-14-17(32)20(35)22(37)26(41-14)39-11-3-1-9(2-4-11)24-25(19(34)16-12(31)5-10(30)6-13(16)40-24)43-27-23(38)21(36)18(33)15(8-29)42-27/h1-6,14-15,17-18,20-23,26-33,35-38H,7-8H2. The molecule has 0 spiro atoms. The van der Waals surface area contributed by atoms with Gasteiger partial charge in [0.1, 0.15) is 77.0 Å². The lowest BCUT2D eigenvalue weighted by Gasteiger charge is -2.39. The first-order chi connectivity index (χ1) is 20.4. The molecular weight excluding hydrogens is 580 g/mol. The number of phenolic OH excluding ortho intramolecular Hbond substituents is 2. The van der Waals surface area contributed by atoms with Gasteiger partial charge in [-0.25, -0.2) is 0 Å². The fraction of sp³-hybridized carbons (Fsp3) is 0.444. The maximum atomic E-state index is 13.6. The van der Waals surface area contributed by atoms with Gasteiger partial charge < -0.3 is 74.4 Å². The number of benzene rings is 2. The van der Waals surface area contributed by atoms with Crippen LogP contribution in [0.5, 0.6) is 23.0 Å². The van der Waals surface area contributed by atoms with Crippen molar-refractivity contribution in [2.75, 3.05) is 13.2 Å². The van der Waals surface area contributed by atoms with Gasteiger partial charge in [-0.1, -0.05) is 0 Å². The molecule has 3 heterocycles. The van der Waals surface area contributed by atoms with Gasteiger partial charge in [-0.3, -0.25) is 4.79 Å². The van der Waals surface area contributed by atoms with Crippen LogP contribution in [0.25, 0.3) is 22.3 Å². The molecule has 2 aliphatic rings. The van der Waals surface area contributed by atoms with E-state index in [0.717, 1.165) is 12.1 Å². The molecule has 234 valence electrons. The van der Waals surface area contributed by atoms with Gasteiger partial charge in [0.15, 0.2) is 5.76 Å². The van der Waals surface area contributed by atoms with Crippen molar-refractivity contribution in [2.24, 2.45) is 0 Å². The van der Waals surface area contributed by atoms with E-state index in [9.17, 15) is 55.9 Å². The van der Waals surface area contributed by atoms with Crippen molar-refractivity contribution in [2.45, 2.75) is 61.4 Å². The van der Waals surface area contributed by atoms with Crippen LogP contribution in [0.4, 0.5) is 0 Å². The molecule has 5 rings (SSSR count). The molecule has 16 nitrogen and oxygen atoms in total. The third kappa shape index (κ3) is 5.73. The largest absolute Gasteiger partial charge is 0.508 e. The van der Waals surface area contributed by atoms with E-state index in [1.165, 1.54) is 24.3 Å². The molecule has 43 heavy (non-hydrogen) atoms. The van der Waals surface area contributed by atoms with Gasteiger partial charge in [-0.2, -0.15) is 0 Å². The molecule has 0 aliphatic carbocycles. The number of fused-ring (bicyclic) bond motifs is 1. The number of ether oxygens (including phenoxy) is 4. The Hall–Kier alpha value is -3.55. The predicted octanol–water partition coefficient (Wildman–Crippen LogP) is -2.77. The Kier molecular flexibility index (Phi) is 8.77. The lowest BCUT2D eigenvalue weighted by atomic mass is 9.99. The average molecular weight is 611 g/mol. The SMILES string of the molecule is O=c1c(OC2OC(CO)C(O)C(O)C2O)c(-c2ccc(OC3OC(CO)C(O)C(O)C3O)cc2)oc2cc(O)cc(O)c12. The minimum atomic E-state index is -1.89. The molecule has 0 amide bonds. The first kappa shape index (κ1) is 30.9. The molecule has 2 aliphatic heterocycles. The zero-order valence-electron chi connectivity index (χ0n) is 22.1. The van der Waals surface area contributed by atoms with Crippen LogP contribution >= 0.6 is 0 Å². The Bertz CT molecular complexity index is 1490. The summed E-state index contributed by atoms with van der Waals surface area (Å²) < 4.78 is 27.7. The maximum Gasteiger partial charge on any atom is 0.239 e. The average Bonchev–Trinajstić information content (AvgIpc) is 2.98. The van der Waals surface area contributed by atoms with Gasteiger partial charge in [0.05, 0.1) is 13.2 Å². The molecule has 0 radical (unpaired) electrons. The first-order valence-electron chi connectivity index (χ1n) is 13.0. The monoisotopic (exact) mass is 610 g/mol. The summed E-state index contributed by atoms with van der Waals surface area (Å²) >= 11 is 0. The van der Waals surface area contributed by atoms with Gasteiger partial charge in [0.25, 0.3) is 0 Å². The van der Waals surface area contributed by atoms with Gasteiger partial charge in [0.2, 0.25) is 23.8 Å². The van der Waals surface area contributed by atoms with Gasteiger partial charge >= 0.3 is 0 Å². The predicted molar refractivity (Wildman–Crippen MR) is 140 cm³/mol. The number of phenols is 2. The molecule has 2 saturated heterocycles. The third-order valence-electron chi connectivity index (χ3n) is 7.22. The highest BCUT2D eigenvalue weighted by atomic mass is 16.7. The Morgan fingerprint density at radius 3 is 1.77 bits per heavy atom. The fourth-order valence-electron chi connectivity index (χ4n) is 4.83. The van der Waals surface area contributed by atoms with Crippen LogP contribution in [0.1, 0.15) is 0 Å². The van der Waals surface area contributed by atoms with E-state index in [4.69, 9.17) is 23.4 Å². The highest BCUT2D eigenvalue weighted by Gasteiger charge is 2.46. The third-order valence-corrected chi connectivity index (χ3v) is 7.22. The van der Waals surface area contributed by atoms with E-state index in [1.807, 2.05) is 0 Å². The van der Waals surface area contributed by atoms with Gasteiger partial charge in [-0.15, -0.1) is 0 Å². The second kappa shape index (κ2) is 12.2. The van der Waals surface area contributed by atoms with Crippen molar-refractivity contribution in [3.05, 3.63) is 46.6 Å². The van der Waals surface area contributed by atoms with E-state index < -0.39 is 103 Å². The second-order valence-corrected chi connectivity index (χ2v) is 10.1. The van der Waals surface area contributed by atoms with Crippen molar-refractivity contribution in [3.63, 3.8) is 0 Å². The molecule has 10 atom stereocenters. The Morgan fingerprint density at radius 2 is 1.23 bits per heavy atom. The minimum absolute atomic E-state index is 0.0721. The first-order valence-corrected chi connectivity index (χ1v) is 13.0. The lowest BCUT2D eigenvalue weighted by molar-refractivity contribution is -0.277. The summed E-state index contributed by atoms with van der Waals surface area (Å²) in [7, 11) is 0. The highest BCUT2D eigenvalue weighted by molar-refractivity contribution is 5.88. The van der Waals surface area contributed by atoms with Crippen LogP contribution < -0.4 is 14.9 Å². The number of aromatic hydroxyl groups is 2. The van der Waals surface area contributed by atoms with Crippen LogP contribution in [0, 0.1) is 0 Å². The Balaban J connectivity index is 1.51. The van der Waals surface area contributed by atoms with Crippen molar-refractivity contribution in [1.29, 1.82) is 0 Å². The van der Waals surface area contributed by atoms with Crippen LogP contribution in [0.2, 0.25) is 0 Å². The summed E-state index contributed by atoms with van der Waals surface area (Å²) in [6.45, 7) is -1.42. The van der Waals surface area contributed by atoms with Crippen LogP contribution in [0.15, 0.2) is 45.6 Å². The van der Waals surface area contributed by atoms with E-state index in [1.54, 1.807) is 0 Å². The van der Waals surface area contributed by atoms with E-state index >= 15 is 0 Å². The molecule has 2 fully saturated rings. The van der Waals surface area contributed by atoms with Gasteiger partial charge in [-0.05, 0) is 24.3 Å². The lowest BCUT2D eigenvalue weighted by Crippen LogP contribution is -2.60. The molecule has 16 heteroatoms. The minimum Gasteiger partial charge on any atom is -0.508 e. The van der Waals surface area contributed by atoms with Crippen molar-refractivity contribution < 1.29 is 74.4 Å². The van der Waals surface area contributed by atoms with Crippen molar-refractivity contribution in [3.8, 4) is 34.3 Å². The Morgan fingerprint density at radius 1 is 0.698 bits per heavy atom. The normalized spacial score (nSPS) is 32.9. The summed E-state index contributed by atoms with van der Waals surface area (Å²) in [5.41, 5.74) is -1.07. The number of hydrogen-bond donors (Lipinski definition) is 10. The fourth-order valence-corrected chi connectivity index (χ4v) is 4.83. The molecule has 1 aromatic heterocycles. The number of rotatable bonds is 7. The number of aliphatic hydroxyl groups is 8. The van der Waals surface area contributed by atoms with E-state index in [0.29, 0.717) is 0 Å². The number of hydrogen-bond acceptors (Lipinski definition) is 16.